The molecule has 1 aliphatic rings. The van der Waals surface area contributed by atoms with Gasteiger partial charge in [0.2, 0.25) is 0 Å². The van der Waals surface area contributed by atoms with Crippen molar-refractivity contribution in [2.24, 2.45) is 5.73 Å². The summed E-state index contributed by atoms with van der Waals surface area (Å²) in [5.74, 6) is 0.333. The summed E-state index contributed by atoms with van der Waals surface area (Å²) in [5, 5.41) is 10.9. The SMILES string of the molecule is CCCOc1cc(N2CC(N)C2)ccc1[N+](=O)[O-]. The van der Waals surface area contributed by atoms with Gasteiger partial charge in [-0.1, -0.05) is 6.92 Å². The van der Waals surface area contributed by atoms with Crippen LogP contribution in [0.15, 0.2) is 18.2 Å². The lowest BCUT2D eigenvalue weighted by Gasteiger charge is -2.38. The second kappa shape index (κ2) is 5.22. The van der Waals surface area contributed by atoms with E-state index in [2.05, 4.69) is 4.90 Å². The smallest absolute Gasteiger partial charge is 0.311 e. The molecule has 1 aromatic carbocycles. The molecule has 0 radical (unpaired) electrons. The molecule has 0 aromatic heterocycles. The molecule has 1 saturated heterocycles. The van der Waals surface area contributed by atoms with Gasteiger partial charge in [0, 0.05) is 37.0 Å². The van der Waals surface area contributed by atoms with Gasteiger partial charge in [-0.3, -0.25) is 10.1 Å². The van der Waals surface area contributed by atoms with E-state index in [9.17, 15) is 10.1 Å². The molecule has 1 aliphatic heterocycles. The van der Waals surface area contributed by atoms with Crippen LogP contribution in [0.1, 0.15) is 13.3 Å². The van der Waals surface area contributed by atoms with E-state index < -0.39 is 4.92 Å². The Kier molecular flexibility index (Phi) is 3.66. The van der Waals surface area contributed by atoms with Crippen LogP contribution >= 0.6 is 0 Å². The molecule has 2 N–H and O–H groups in total. The number of ether oxygens (including phenoxy) is 1. The Hall–Kier alpha value is -1.82. The van der Waals surface area contributed by atoms with Gasteiger partial charge < -0.3 is 15.4 Å². The summed E-state index contributed by atoms with van der Waals surface area (Å²) in [6.45, 7) is 4.00. The molecule has 1 heterocycles. The Morgan fingerprint density at radius 2 is 2.28 bits per heavy atom. The van der Waals surface area contributed by atoms with Crippen molar-refractivity contribution in [2.75, 3.05) is 24.6 Å². The van der Waals surface area contributed by atoms with Gasteiger partial charge in [0.15, 0.2) is 5.75 Å². The zero-order valence-electron chi connectivity index (χ0n) is 10.3. The van der Waals surface area contributed by atoms with Crippen LogP contribution in [0.3, 0.4) is 0 Å². The molecule has 0 amide bonds. The predicted molar refractivity (Wildman–Crippen MR) is 69.1 cm³/mol. The van der Waals surface area contributed by atoms with E-state index >= 15 is 0 Å². The van der Waals surface area contributed by atoms with E-state index in [1.165, 1.54) is 6.07 Å². The summed E-state index contributed by atoms with van der Waals surface area (Å²) in [4.78, 5) is 12.6. The molecule has 18 heavy (non-hydrogen) atoms. The average molecular weight is 251 g/mol. The quantitative estimate of drug-likeness (QED) is 0.634. The Labute approximate surface area is 105 Å². The summed E-state index contributed by atoms with van der Waals surface area (Å²) in [7, 11) is 0. The molecule has 1 fully saturated rings. The first-order valence-corrected chi connectivity index (χ1v) is 6.03. The van der Waals surface area contributed by atoms with Crippen LogP contribution in [0.2, 0.25) is 0 Å². The van der Waals surface area contributed by atoms with Gasteiger partial charge in [-0.25, -0.2) is 0 Å². The number of benzene rings is 1. The molecule has 0 saturated carbocycles. The van der Waals surface area contributed by atoms with Crippen LogP contribution in [-0.2, 0) is 0 Å². The molecule has 0 aliphatic carbocycles. The highest BCUT2D eigenvalue weighted by atomic mass is 16.6. The highest BCUT2D eigenvalue weighted by Crippen LogP contribution is 2.33. The van der Waals surface area contributed by atoms with Gasteiger partial charge in [-0.15, -0.1) is 0 Å². The lowest BCUT2D eigenvalue weighted by atomic mass is 10.1. The van der Waals surface area contributed by atoms with Crippen LogP contribution in [0.5, 0.6) is 5.75 Å². The van der Waals surface area contributed by atoms with Crippen molar-refractivity contribution < 1.29 is 9.66 Å². The molecule has 1 aromatic rings. The number of anilines is 1. The second-order valence-corrected chi connectivity index (χ2v) is 4.42. The van der Waals surface area contributed by atoms with E-state index in [0.29, 0.717) is 12.4 Å². The number of hydrogen-bond donors (Lipinski definition) is 1. The fourth-order valence-corrected chi connectivity index (χ4v) is 1.90. The fraction of sp³-hybridized carbons (Fsp3) is 0.500. The van der Waals surface area contributed by atoms with Crippen molar-refractivity contribution in [1.29, 1.82) is 0 Å². The van der Waals surface area contributed by atoms with Gasteiger partial charge in [0.1, 0.15) is 0 Å². The summed E-state index contributed by atoms with van der Waals surface area (Å²) in [6.07, 6.45) is 0.815. The van der Waals surface area contributed by atoms with Gasteiger partial charge in [-0.05, 0) is 12.5 Å². The summed E-state index contributed by atoms with van der Waals surface area (Å²) in [6, 6.07) is 5.15. The van der Waals surface area contributed by atoms with Gasteiger partial charge in [-0.2, -0.15) is 0 Å². The standard InChI is InChI=1S/C12H17N3O3/c1-2-5-18-12-6-10(14-7-9(13)8-14)3-4-11(12)15(16)17/h3-4,6,9H,2,5,7-8,13H2,1H3. The minimum atomic E-state index is -0.420. The predicted octanol–water partition coefficient (Wildman–Crippen LogP) is 1.53. The highest BCUT2D eigenvalue weighted by molar-refractivity contribution is 5.60. The number of nitro groups is 1. The number of nitro benzene ring substituents is 1. The highest BCUT2D eigenvalue weighted by Gasteiger charge is 2.25. The minimum absolute atomic E-state index is 0.0111. The number of rotatable bonds is 5. The molecule has 0 spiro atoms. The van der Waals surface area contributed by atoms with Crippen LogP contribution in [0, 0.1) is 10.1 Å². The zero-order valence-corrected chi connectivity index (χ0v) is 10.3. The van der Waals surface area contributed by atoms with Gasteiger partial charge >= 0.3 is 5.69 Å². The zero-order chi connectivity index (χ0) is 13.1. The first-order chi connectivity index (χ1) is 8.61. The molecule has 98 valence electrons. The van der Waals surface area contributed by atoms with Crippen LogP contribution in [-0.4, -0.2) is 30.7 Å². The minimum Gasteiger partial charge on any atom is -0.487 e. The molecular weight excluding hydrogens is 234 g/mol. The monoisotopic (exact) mass is 251 g/mol. The van der Waals surface area contributed by atoms with E-state index in [4.69, 9.17) is 10.5 Å². The summed E-state index contributed by atoms with van der Waals surface area (Å²) < 4.78 is 5.43. The topological polar surface area (TPSA) is 81.6 Å². The first-order valence-electron chi connectivity index (χ1n) is 6.03. The number of nitrogens with two attached hydrogens (primary N) is 1. The molecule has 6 nitrogen and oxygen atoms in total. The third kappa shape index (κ3) is 2.53. The van der Waals surface area contributed by atoms with Crippen molar-refractivity contribution in [3.63, 3.8) is 0 Å². The van der Waals surface area contributed by atoms with Crippen LogP contribution < -0.4 is 15.4 Å². The summed E-state index contributed by atoms with van der Waals surface area (Å²) in [5.41, 5.74) is 6.66. The third-order valence-electron chi connectivity index (χ3n) is 2.88. The number of hydrogen-bond acceptors (Lipinski definition) is 5. The van der Waals surface area contributed by atoms with E-state index in [-0.39, 0.29) is 11.7 Å². The van der Waals surface area contributed by atoms with E-state index in [1.54, 1.807) is 12.1 Å². The molecule has 6 heteroatoms. The number of nitrogens with zero attached hydrogens (tertiary/aromatic N) is 2. The van der Waals surface area contributed by atoms with Crippen molar-refractivity contribution in [1.82, 2.24) is 0 Å². The van der Waals surface area contributed by atoms with Gasteiger partial charge in [0.25, 0.3) is 0 Å². The lowest BCUT2D eigenvalue weighted by molar-refractivity contribution is -0.385. The normalized spacial score (nSPS) is 15.3. The maximum atomic E-state index is 10.9. The lowest BCUT2D eigenvalue weighted by Crippen LogP contribution is -2.55. The Morgan fingerprint density at radius 3 is 2.83 bits per heavy atom. The second-order valence-electron chi connectivity index (χ2n) is 4.42. The van der Waals surface area contributed by atoms with Gasteiger partial charge in [0.05, 0.1) is 11.5 Å². The Morgan fingerprint density at radius 1 is 1.56 bits per heavy atom. The van der Waals surface area contributed by atoms with E-state index in [1.807, 2.05) is 6.92 Å². The Balaban J connectivity index is 2.21. The van der Waals surface area contributed by atoms with Crippen molar-refractivity contribution in [3.8, 4) is 5.75 Å². The van der Waals surface area contributed by atoms with Crippen molar-refractivity contribution in [2.45, 2.75) is 19.4 Å². The Bertz CT molecular complexity index is 444. The third-order valence-corrected chi connectivity index (χ3v) is 2.88. The molecular formula is C12H17N3O3. The van der Waals surface area contributed by atoms with E-state index in [0.717, 1.165) is 25.2 Å². The maximum absolute atomic E-state index is 10.9. The molecule has 2 rings (SSSR count). The van der Waals surface area contributed by atoms with Crippen LogP contribution in [0.25, 0.3) is 0 Å². The fourth-order valence-electron chi connectivity index (χ4n) is 1.90. The summed E-state index contributed by atoms with van der Waals surface area (Å²) >= 11 is 0. The molecule has 0 unspecified atom stereocenters. The molecule has 0 atom stereocenters. The maximum Gasteiger partial charge on any atom is 0.311 e. The first kappa shape index (κ1) is 12.6. The molecule has 0 bridgehead atoms. The van der Waals surface area contributed by atoms with Crippen molar-refractivity contribution >= 4 is 11.4 Å². The van der Waals surface area contributed by atoms with Crippen LogP contribution in [0.4, 0.5) is 11.4 Å². The average Bonchev–Trinajstić information content (AvgIpc) is 2.32. The largest absolute Gasteiger partial charge is 0.487 e. The van der Waals surface area contributed by atoms with Crippen molar-refractivity contribution in [3.05, 3.63) is 28.3 Å².